The number of nitrogens with one attached hydrogen (secondary N) is 1. The van der Waals surface area contributed by atoms with Crippen molar-refractivity contribution in [3.63, 3.8) is 0 Å². The highest BCUT2D eigenvalue weighted by atomic mass is 32.1. The Labute approximate surface area is 135 Å². The predicted molar refractivity (Wildman–Crippen MR) is 88.0 cm³/mol. The third-order valence-electron chi connectivity index (χ3n) is 3.20. The minimum absolute atomic E-state index is 0.0238. The van der Waals surface area contributed by atoms with Crippen LogP contribution in [0.1, 0.15) is 15.9 Å². The maximum atomic E-state index is 12.2. The van der Waals surface area contributed by atoms with E-state index in [1.807, 2.05) is 30.3 Å². The highest BCUT2D eigenvalue weighted by Gasteiger charge is 2.15. The summed E-state index contributed by atoms with van der Waals surface area (Å²) in [5.74, 6) is -0.868. The molecule has 0 fully saturated rings. The van der Waals surface area contributed by atoms with E-state index in [-0.39, 0.29) is 16.9 Å². The molecule has 3 aromatic rings. The van der Waals surface area contributed by atoms with E-state index >= 15 is 0 Å². The molecule has 0 unspecified atom stereocenters. The molecule has 2 aromatic heterocycles. The number of aromatic hydroxyl groups is 1. The van der Waals surface area contributed by atoms with E-state index < -0.39 is 5.91 Å². The van der Waals surface area contributed by atoms with E-state index in [1.54, 1.807) is 11.6 Å². The molecular weight excluding hydrogens is 314 g/mol. The number of pyridine rings is 1. The predicted octanol–water partition coefficient (Wildman–Crippen LogP) is 2.31. The lowest BCUT2D eigenvalue weighted by molar-refractivity contribution is 0.102. The Hall–Kier alpha value is -2.93. The van der Waals surface area contributed by atoms with E-state index in [9.17, 15) is 14.7 Å². The van der Waals surface area contributed by atoms with E-state index in [0.717, 1.165) is 11.6 Å². The van der Waals surface area contributed by atoms with Crippen LogP contribution in [-0.2, 0) is 6.54 Å². The second-order valence-corrected chi connectivity index (χ2v) is 5.71. The molecule has 116 valence electrons. The molecular formula is C16H13N3O3S. The van der Waals surface area contributed by atoms with Gasteiger partial charge in [0, 0.05) is 23.8 Å². The van der Waals surface area contributed by atoms with Crippen LogP contribution < -0.4 is 10.9 Å². The molecule has 7 heteroatoms. The van der Waals surface area contributed by atoms with Crippen molar-refractivity contribution in [1.82, 2.24) is 9.55 Å². The SMILES string of the molecule is O=C(Nc1nccs1)c1cn(Cc2ccccc2)c(=O)cc1O. The summed E-state index contributed by atoms with van der Waals surface area (Å²) in [7, 11) is 0. The average Bonchev–Trinajstić information content (AvgIpc) is 3.04. The number of rotatable bonds is 4. The standard InChI is InChI=1S/C16H13N3O3S/c20-13-8-14(21)19(9-11-4-2-1-3-5-11)10-12(13)15(22)18-16-17-6-7-23-16/h1-8,10,20H,9H2,(H,17,18,22). The van der Waals surface area contributed by atoms with Crippen LogP contribution in [0.15, 0.2) is 59.0 Å². The molecule has 0 aliphatic heterocycles. The second kappa shape index (κ2) is 6.45. The number of benzene rings is 1. The van der Waals surface area contributed by atoms with Gasteiger partial charge in [-0.15, -0.1) is 11.3 Å². The second-order valence-electron chi connectivity index (χ2n) is 4.82. The summed E-state index contributed by atoms with van der Waals surface area (Å²) in [5, 5.41) is 14.6. The van der Waals surface area contributed by atoms with Crippen molar-refractivity contribution < 1.29 is 9.90 Å². The molecule has 0 radical (unpaired) electrons. The highest BCUT2D eigenvalue weighted by Crippen LogP contribution is 2.18. The number of hydrogen-bond donors (Lipinski definition) is 2. The van der Waals surface area contributed by atoms with Gasteiger partial charge < -0.3 is 9.67 Å². The third-order valence-corrected chi connectivity index (χ3v) is 3.89. The molecule has 0 spiro atoms. The Balaban J connectivity index is 1.90. The topological polar surface area (TPSA) is 84.2 Å². The van der Waals surface area contributed by atoms with E-state index in [1.165, 1.54) is 22.1 Å². The maximum Gasteiger partial charge on any atom is 0.262 e. The summed E-state index contributed by atoms with van der Waals surface area (Å²) < 4.78 is 1.38. The quantitative estimate of drug-likeness (QED) is 0.770. The normalized spacial score (nSPS) is 10.4. The van der Waals surface area contributed by atoms with Crippen LogP contribution in [0, 0.1) is 0 Å². The van der Waals surface area contributed by atoms with Crippen LogP contribution >= 0.6 is 11.3 Å². The van der Waals surface area contributed by atoms with Gasteiger partial charge >= 0.3 is 0 Å². The third kappa shape index (κ3) is 3.46. The Bertz CT molecular complexity index is 873. The van der Waals surface area contributed by atoms with Crippen LogP contribution in [0.3, 0.4) is 0 Å². The smallest absolute Gasteiger partial charge is 0.262 e. The Morgan fingerprint density at radius 2 is 2.09 bits per heavy atom. The molecule has 0 aliphatic rings. The molecule has 1 amide bonds. The van der Waals surface area contributed by atoms with Crippen molar-refractivity contribution in [2.24, 2.45) is 0 Å². The fourth-order valence-corrected chi connectivity index (χ4v) is 2.62. The summed E-state index contributed by atoms with van der Waals surface area (Å²) in [5.41, 5.74) is 0.569. The molecule has 0 aliphatic carbocycles. The van der Waals surface area contributed by atoms with Crippen molar-refractivity contribution in [1.29, 1.82) is 0 Å². The van der Waals surface area contributed by atoms with Crippen molar-refractivity contribution >= 4 is 22.4 Å². The monoisotopic (exact) mass is 327 g/mol. The van der Waals surface area contributed by atoms with Gasteiger partial charge in [0.2, 0.25) is 0 Å². The average molecular weight is 327 g/mol. The zero-order valence-electron chi connectivity index (χ0n) is 12.0. The van der Waals surface area contributed by atoms with Crippen molar-refractivity contribution in [3.8, 4) is 5.75 Å². The first-order chi connectivity index (χ1) is 11.1. The summed E-state index contributed by atoms with van der Waals surface area (Å²) in [4.78, 5) is 28.2. The summed E-state index contributed by atoms with van der Waals surface area (Å²) in [6, 6.07) is 10.4. The Morgan fingerprint density at radius 1 is 1.30 bits per heavy atom. The van der Waals surface area contributed by atoms with Crippen molar-refractivity contribution in [2.45, 2.75) is 6.54 Å². The lowest BCUT2D eigenvalue weighted by Gasteiger charge is -2.10. The Kier molecular flexibility index (Phi) is 4.20. The first kappa shape index (κ1) is 15.0. The van der Waals surface area contributed by atoms with Crippen molar-refractivity contribution in [3.05, 3.63) is 75.7 Å². The summed E-state index contributed by atoms with van der Waals surface area (Å²) >= 11 is 1.27. The van der Waals surface area contributed by atoms with Gasteiger partial charge in [0.25, 0.3) is 11.5 Å². The van der Waals surface area contributed by atoms with Crippen LogP contribution in [-0.4, -0.2) is 20.6 Å². The van der Waals surface area contributed by atoms with E-state index in [4.69, 9.17) is 0 Å². The molecule has 1 aromatic carbocycles. The van der Waals surface area contributed by atoms with Crippen LogP contribution in [0.2, 0.25) is 0 Å². The van der Waals surface area contributed by atoms with Crippen LogP contribution in [0.25, 0.3) is 0 Å². The fraction of sp³-hybridized carbons (Fsp3) is 0.0625. The van der Waals surface area contributed by atoms with Gasteiger partial charge in [-0.25, -0.2) is 4.98 Å². The number of carbonyl (C=O) groups excluding carboxylic acids is 1. The van der Waals surface area contributed by atoms with Gasteiger partial charge in [0.05, 0.1) is 12.1 Å². The minimum Gasteiger partial charge on any atom is -0.507 e. The van der Waals surface area contributed by atoms with E-state index in [0.29, 0.717) is 11.7 Å². The van der Waals surface area contributed by atoms with Gasteiger partial charge in [-0.3, -0.25) is 14.9 Å². The number of hydrogen-bond acceptors (Lipinski definition) is 5. The largest absolute Gasteiger partial charge is 0.507 e. The van der Waals surface area contributed by atoms with Gasteiger partial charge in [0.1, 0.15) is 5.75 Å². The molecule has 0 saturated carbocycles. The molecule has 6 nitrogen and oxygen atoms in total. The van der Waals surface area contributed by atoms with Gasteiger partial charge in [0.15, 0.2) is 5.13 Å². The van der Waals surface area contributed by atoms with Crippen molar-refractivity contribution in [2.75, 3.05) is 5.32 Å². The molecule has 2 heterocycles. The lowest BCUT2D eigenvalue weighted by Crippen LogP contribution is -2.23. The number of anilines is 1. The zero-order valence-corrected chi connectivity index (χ0v) is 12.8. The van der Waals surface area contributed by atoms with Gasteiger partial charge in [-0.2, -0.15) is 0 Å². The van der Waals surface area contributed by atoms with Crippen LogP contribution in [0.4, 0.5) is 5.13 Å². The molecule has 3 rings (SSSR count). The number of carbonyl (C=O) groups is 1. The number of amides is 1. The molecule has 2 N–H and O–H groups in total. The molecule has 0 bridgehead atoms. The van der Waals surface area contributed by atoms with Gasteiger partial charge in [-0.1, -0.05) is 30.3 Å². The minimum atomic E-state index is -0.515. The first-order valence-electron chi connectivity index (χ1n) is 6.82. The summed E-state index contributed by atoms with van der Waals surface area (Å²) in [6.07, 6.45) is 2.92. The number of thiazole rings is 1. The summed E-state index contributed by atoms with van der Waals surface area (Å²) in [6.45, 7) is 0.317. The van der Waals surface area contributed by atoms with Crippen LogP contribution in [0.5, 0.6) is 5.75 Å². The first-order valence-corrected chi connectivity index (χ1v) is 7.69. The maximum absolute atomic E-state index is 12.2. The number of aromatic nitrogens is 2. The zero-order chi connectivity index (χ0) is 16.2. The molecule has 0 saturated heterocycles. The lowest BCUT2D eigenvalue weighted by atomic mass is 10.2. The Morgan fingerprint density at radius 3 is 2.78 bits per heavy atom. The van der Waals surface area contributed by atoms with E-state index in [2.05, 4.69) is 10.3 Å². The fourth-order valence-electron chi connectivity index (χ4n) is 2.09. The molecule has 0 atom stereocenters. The highest BCUT2D eigenvalue weighted by molar-refractivity contribution is 7.13. The number of nitrogens with zero attached hydrogens (tertiary/aromatic N) is 2. The molecule has 23 heavy (non-hydrogen) atoms. The van der Waals surface area contributed by atoms with Gasteiger partial charge in [-0.05, 0) is 5.56 Å².